The highest BCUT2D eigenvalue weighted by atomic mass is 16.6. The van der Waals surface area contributed by atoms with E-state index < -0.39 is 23.0 Å². The monoisotopic (exact) mass is 1120 g/mol. The molecule has 0 radical (unpaired) electrons. The zero-order valence-electron chi connectivity index (χ0n) is 52.3. The molecule has 1 saturated carbocycles. The van der Waals surface area contributed by atoms with Crippen molar-refractivity contribution < 1.29 is 57.0 Å². The number of carbonyl (C=O) groups is 3. The lowest BCUT2D eigenvalue weighted by molar-refractivity contribution is -0.155. The van der Waals surface area contributed by atoms with E-state index in [-0.39, 0.29) is 73.3 Å². The van der Waals surface area contributed by atoms with Gasteiger partial charge in [-0.2, -0.15) is 0 Å². The zero-order valence-corrected chi connectivity index (χ0v) is 52.3. The number of rotatable bonds is 42. The summed E-state index contributed by atoms with van der Waals surface area (Å²) in [5.41, 5.74) is -2.71. The summed E-state index contributed by atoms with van der Waals surface area (Å²) in [6, 6.07) is 19.2. The van der Waals surface area contributed by atoms with E-state index in [4.69, 9.17) is 42.6 Å². The molecule has 0 heterocycles. The third-order valence-corrected chi connectivity index (χ3v) is 16.4. The first-order valence-corrected chi connectivity index (χ1v) is 29.8. The second-order valence-electron chi connectivity index (χ2n) is 25.6. The van der Waals surface area contributed by atoms with Crippen molar-refractivity contribution in [2.75, 3.05) is 79.5 Å². The topological polar surface area (TPSA) is 162 Å². The summed E-state index contributed by atoms with van der Waals surface area (Å²) < 4.78 is 54.7. The molecule has 2 N–H and O–H groups in total. The molecular weight excluding hydrogens is 1010 g/mol. The smallest absolute Gasteiger partial charge is 0.407 e. The highest BCUT2D eigenvalue weighted by Gasteiger charge is 2.41. The molecule has 7 unspecified atom stereocenters. The quantitative estimate of drug-likeness (QED) is 0.0161. The van der Waals surface area contributed by atoms with E-state index in [1.54, 1.807) is 6.92 Å². The zero-order chi connectivity index (χ0) is 59.5. The van der Waals surface area contributed by atoms with Gasteiger partial charge in [0.05, 0.1) is 62.1 Å². The summed E-state index contributed by atoms with van der Waals surface area (Å²) in [7, 11) is 2.06. The Balaban J connectivity index is 1.36. The van der Waals surface area contributed by atoms with Gasteiger partial charge in [0.15, 0.2) is 0 Å². The van der Waals surface area contributed by atoms with Gasteiger partial charge in [0.25, 0.3) is 6.47 Å². The summed E-state index contributed by atoms with van der Waals surface area (Å²) in [5.74, 6) is 2.13. The van der Waals surface area contributed by atoms with Gasteiger partial charge in [-0.25, -0.2) is 4.79 Å². The molecule has 2 aromatic carbocycles. The third kappa shape index (κ3) is 26.8. The Labute approximate surface area is 484 Å². The molecule has 1 aliphatic carbocycles. The Kier molecular flexibility index (Phi) is 30.1. The molecule has 7 atom stereocenters. The number of nitrogens with one attached hydrogen (secondary N) is 2. The maximum atomic E-state index is 12.8. The molecule has 0 spiro atoms. The van der Waals surface area contributed by atoms with Crippen LogP contribution in [0, 0.1) is 35.0 Å². The first-order chi connectivity index (χ1) is 37.6. The highest BCUT2D eigenvalue weighted by molar-refractivity contribution is 5.69. The fourth-order valence-electron chi connectivity index (χ4n) is 10.4. The van der Waals surface area contributed by atoms with Gasteiger partial charge in [-0.05, 0) is 189 Å². The average molecular weight is 1120 g/mol. The summed E-state index contributed by atoms with van der Waals surface area (Å²) >= 11 is 0. The summed E-state index contributed by atoms with van der Waals surface area (Å²) in [6.07, 6.45) is 11.4. The number of ether oxygens (including phenoxy) is 9. The van der Waals surface area contributed by atoms with Gasteiger partial charge in [-0.3, -0.25) is 14.5 Å². The van der Waals surface area contributed by atoms with Crippen LogP contribution in [0.25, 0.3) is 0 Å². The largest absolute Gasteiger partial charge is 0.493 e. The minimum atomic E-state index is -0.957. The number of nitrogens with zero attached hydrogens (tertiary/aromatic N) is 1. The summed E-state index contributed by atoms with van der Waals surface area (Å²) in [5, 5.41) is 6.40. The minimum Gasteiger partial charge on any atom is -0.493 e. The Bertz CT molecular complexity index is 2050. The van der Waals surface area contributed by atoms with Crippen LogP contribution in [0.2, 0.25) is 0 Å². The molecule has 15 heteroatoms. The minimum absolute atomic E-state index is 0.0444. The van der Waals surface area contributed by atoms with Crippen molar-refractivity contribution in [1.82, 2.24) is 15.5 Å². The van der Waals surface area contributed by atoms with E-state index in [0.29, 0.717) is 56.4 Å². The molecular formula is C65H109N3O12. The maximum absolute atomic E-state index is 12.8. The molecule has 2 aromatic rings. The van der Waals surface area contributed by atoms with Gasteiger partial charge < -0.3 is 53.3 Å². The Morgan fingerprint density at radius 1 is 0.775 bits per heavy atom. The third-order valence-electron chi connectivity index (χ3n) is 16.4. The van der Waals surface area contributed by atoms with E-state index in [0.717, 1.165) is 70.3 Å². The molecule has 0 saturated heterocycles. The second kappa shape index (κ2) is 34.4. The SMILES string of the molecule is C=CC1CC(C)(CC(C)(C)OCCCN(C)C(C)(C)OCC(COc2ccccc2)C(C)(C)OC(=O)NCCOC(=O)CC)CCC1CCNCC(C)(C)OCCCCC(C)C(C)OCC(COc1ccccc1)C(C)(C)OC=O. The molecule has 1 aliphatic rings. The summed E-state index contributed by atoms with van der Waals surface area (Å²) in [4.78, 5) is 37.8. The van der Waals surface area contributed by atoms with Crippen LogP contribution in [0.1, 0.15) is 161 Å². The van der Waals surface area contributed by atoms with Crippen molar-refractivity contribution in [3.63, 3.8) is 0 Å². The van der Waals surface area contributed by atoms with E-state index in [1.807, 2.05) is 102 Å². The summed E-state index contributed by atoms with van der Waals surface area (Å²) in [6.45, 7) is 39.2. The molecule has 1 fully saturated rings. The average Bonchev–Trinajstić information content (AvgIpc) is 3.40. The van der Waals surface area contributed by atoms with Crippen LogP contribution in [0.3, 0.4) is 0 Å². The number of carbonyl (C=O) groups excluding carboxylic acids is 3. The van der Waals surface area contributed by atoms with Crippen LogP contribution in [0.5, 0.6) is 11.5 Å². The van der Waals surface area contributed by atoms with Gasteiger partial charge in [0, 0.05) is 32.7 Å². The number of benzene rings is 2. The van der Waals surface area contributed by atoms with Crippen molar-refractivity contribution in [3.8, 4) is 11.5 Å². The van der Waals surface area contributed by atoms with Gasteiger partial charge in [0.2, 0.25) is 0 Å². The number of alkyl carbamates (subject to hydrolysis) is 1. The molecule has 15 nitrogen and oxygen atoms in total. The molecule has 1 amide bonds. The Morgan fingerprint density at radius 3 is 1.98 bits per heavy atom. The van der Waals surface area contributed by atoms with E-state index in [1.165, 1.54) is 12.8 Å². The van der Waals surface area contributed by atoms with E-state index in [2.05, 4.69) is 83.7 Å². The van der Waals surface area contributed by atoms with Crippen LogP contribution in [-0.2, 0) is 42.7 Å². The van der Waals surface area contributed by atoms with Crippen LogP contribution >= 0.6 is 0 Å². The molecule has 0 aromatic heterocycles. The van der Waals surface area contributed by atoms with Crippen LogP contribution < -0.4 is 20.1 Å². The standard InChI is InChI=1S/C65H109N3O12/c1-17-52-42-65(15,35-33-53(52)34-36-66-48-61(7,8)77-39-26-25-28-50(3)51(4)73-43-54(62(9,10)79-49-69)44-74-56-29-21-19-22-30-56)47-60(5,6)76-40-27-38-68(16)64(13,14)78-46-55(45-75-57-31-23-20-24-32-57)63(11,12)80-59(71)67-37-41-72-58(70)18-2/h17,19-24,29-32,49-55,66H,1,18,25-28,33-48H2,2-16H3,(H,67,71). The molecule has 3 rings (SSSR count). The number of hydrogen-bond donors (Lipinski definition) is 2. The lowest BCUT2D eigenvalue weighted by atomic mass is 9.62. The first-order valence-electron chi connectivity index (χ1n) is 29.8. The van der Waals surface area contributed by atoms with Crippen LogP contribution in [0.4, 0.5) is 4.79 Å². The maximum Gasteiger partial charge on any atom is 0.407 e. The van der Waals surface area contributed by atoms with Crippen LogP contribution in [-0.4, -0.2) is 137 Å². The number of allylic oxidation sites excluding steroid dienone is 1. The predicted octanol–water partition coefficient (Wildman–Crippen LogP) is 12.6. The molecule has 80 heavy (non-hydrogen) atoms. The second-order valence-corrected chi connectivity index (χ2v) is 25.6. The highest BCUT2D eigenvalue weighted by Crippen LogP contribution is 2.48. The molecule has 0 aliphatic heterocycles. The van der Waals surface area contributed by atoms with E-state index >= 15 is 0 Å². The molecule has 0 bridgehead atoms. The van der Waals surface area contributed by atoms with Crippen molar-refractivity contribution in [2.24, 2.45) is 35.0 Å². The Hall–Kier alpha value is -4.25. The fourth-order valence-corrected chi connectivity index (χ4v) is 10.4. The van der Waals surface area contributed by atoms with Gasteiger partial charge in [-0.15, -0.1) is 6.58 Å². The van der Waals surface area contributed by atoms with Crippen molar-refractivity contribution in [1.29, 1.82) is 0 Å². The molecule has 456 valence electrons. The van der Waals surface area contributed by atoms with Crippen LogP contribution in [0.15, 0.2) is 73.3 Å². The number of amides is 1. The lowest BCUT2D eigenvalue weighted by Crippen LogP contribution is -2.49. The van der Waals surface area contributed by atoms with Crippen molar-refractivity contribution >= 4 is 18.5 Å². The van der Waals surface area contributed by atoms with E-state index in [9.17, 15) is 14.4 Å². The first kappa shape index (κ1) is 70.0. The van der Waals surface area contributed by atoms with Gasteiger partial charge in [-0.1, -0.05) is 69.7 Å². The number of hydrogen-bond acceptors (Lipinski definition) is 14. The van der Waals surface area contributed by atoms with Crippen molar-refractivity contribution in [2.45, 2.75) is 195 Å². The number of para-hydroxylation sites is 2. The number of unbranched alkanes of at least 4 members (excludes halogenated alkanes) is 1. The number of esters is 1. The van der Waals surface area contributed by atoms with Crippen molar-refractivity contribution in [3.05, 3.63) is 73.3 Å². The fraction of sp³-hybridized carbons (Fsp3) is 0.738. The Morgan fingerprint density at radius 2 is 1.38 bits per heavy atom. The lowest BCUT2D eigenvalue weighted by Gasteiger charge is -2.45. The predicted molar refractivity (Wildman–Crippen MR) is 319 cm³/mol. The normalized spacial score (nSPS) is 18.9. The van der Waals surface area contributed by atoms with Gasteiger partial charge in [0.1, 0.15) is 35.0 Å². The van der Waals surface area contributed by atoms with Gasteiger partial charge >= 0.3 is 12.1 Å².